The molecule has 2 aromatic rings. The van der Waals surface area contributed by atoms with Crippen LogP contribution in [-0.4, -0.2) is 16.1 Å². The van der Waals surface area contributed by atoms with E-state index in [-0.39, 0.29) is 0 Å². The number of anilines is 1. The van der Waals surface area contributed by atoms with E-state index in [1.54, 1.807) is 18.3 Å². The Balaban J connectivity index is 1.66. The Labute approximate surface area is 142 Å². The zero-order chi connectivity index (χ0) is 16.4. The Morgan fingerprint density at radius 3 is 2.96 bits per heavy atom. The van der Waals surface area contributed by atoms with E-state index in [1.807, 2.05) is 12.1 Å². The number of aromatic nitrogens is 1. The standard InChI is InChI=1S/C15H14Cl2N4O2/c16-10-3-1-2-9(12(10)17)7-18-5-8-4-11-13(19-6-8)14(22)21-15(23)20-11/h1-4,6,14,18,22H,5,7H2,(H2,20,21,23). The summed E-state index contributed by atoms with van der Waals surface area (Å²) in [5.41, 5.74) is 2.67. The van der Waals surface area contributed by atoms with Crippen LogP contribution in [0.2, 0.25) is 10.0 Å². The molecule has 4 N–H and O–H groups in total. The van der Waals surface area contributed by atoms with E-state index in [2.05, 4.69) is 20.9 Å². The van der Waals surface area contributed by atoms with Crippen molar-refractivity contribution in [3.63, 3.8) is 0 Å². The van der Waals surface area contributed by atoms with Crippen LogP contribution in [-0.2, 0) is 13.1 Å². The van der Waals surface area contributed by atoms with Crippen molar-refractivity contribution in [2.24, 2.45) is 0 Å². The smallest absolute Gasteiger partial charge is 0.321 e. The van der Waals surface area contributed by atoms with Crippen molar-refractivity contribution in [2.45, 2.75) is 19.3 Å². The number of urea groups is 1. The van der Waals surface area contributed by atoms with Crippen molar-refractivity contribution >= 4 is 34.9 Å². The van der Waals surface area contributed by atoms with Gasteiger partial charge in [-0.15, -0.1) is 0 Å². The Kier molecular flexibility index (Phi) is 4.68. The van der Waals surface area contributed by atoms with Crippen LogP contribution in [0.5, 0.6) is 0 Å². The number of hydrogen-bond acceptors (Lipinski definition) is 4. The molecule has 0 aliphatic carbocycles. The molecule has 1 aromatic heterocycles. The number of nitrogens with one attached hydrogen (secondary N) is 3. The van der Waals surface area contributed by atoms with Gasteiger partial charge in [-0.3, -0.25) is 4.98 Å². The summed E-state index contributed by atoms with van der Waals surface area (Å²) in [6.45, 7) is 1.08. The lowest BCUT2D eigenvalue weighted by molar-refractivity contribution is 0.140. The molecule has 2 amide bonds. The molecule has 8 heteroatoms. The molecule has 6 nitrogen and oxygen atoms in total. The highest BCUT2D eigenvalue weighted by atomic mass is 35.5. The van der Waals surface area contributed by atoms with Crippen molar-refractivity contribution in [1.29, 1.82) is 0 Å². The largest absolute Gasteiger partial charge is 0.368 e. The van der Waals surface area contributed by atoms with E-state index in [1.165, 1.54) is 0 Å². The zero-order valence-corrected chi connectivity index (χ0v) is 13.4. The molecule has 0 radical (unpaired) electrons. The fourth-order valence-corrected chi connectivity index (χ4v) is 2.70. The first-order chi connectivity index (χ1) is 11.0. The molecule has 0 saturated carbocycles. The van der Waals surface area contributed by atoms with Gasteiger partial charge >= 0.3 is 6.03 Å². The summed E-state index contributed by atoms with van der Waals surface area (Å²) in [4.78, 5) is 15.5. The van der Waals surface area contributed by atoms with Gasteiger partial charge in [0.15, 0.2) is 6.23 Å². The van der Waals surface area contributed by atoms with Crippen LogP contribution in [0, 0.1) is 0 Å². The minimum atomic E-state index is -1.09. The van der Waals surface area contributed by atoms with Gasteiger partial charge in [0.25, 0.3) is 0 Å². The number of pyridine rings is 1. The summed E-state index contributed by atoms with van der Waals surface area (Å²) in [6, 6.07) is 6.80. The average Bonchev–Trinajstić information content (AvgIpc) is 2.51. The van der Waals surface area contributed by atoms with Crippen molar-refractivity contribution in [3.05, 3.63) is 57.3 Å². The van der Waals surface area contributed by atoms with Crippen molar-refractivity contribution in [2.75, 3.05) is 5.32 Å². The Morgan fingerprint density at radius 1 is 1.30 bits per heavy atom. The minimum absolute atomic E-state index is 0.395. The maximum atomic E-state index is 11.4. The van der Waals surface area contributed by atoms with Gasteiger partial charge in [0.2, 0.25) is 0 Å². The molecular weight excluding hydrogens is 339 g/mol. The summed E-state index contributed by atoms with van der Waals surface area (Å²) in [7, 11) is 0. The maximum Gasteiger partial charge on any atom is 0.321 e. The highest BCUT2D eigenvalue weighted by molar-refractivity contribution is 6.42. The second-order valence-electron chi connectivity index (χ2n) is 5.09. The molecule has 1 atom stereocenters. The molecule has 1 aromatic carbocycles. The number of amides is 2. The van der Waals surface area contributed by atoms with Gasteiger partial charge in [-0.05, 0) is 23.3 Å². The summed E-state index contributed by atoms with van der Waals surface area (Å²) < 4.78 is 0. The fourth-order valence-electron chi connectivity index (χ4n) is 2.31. The van der Waals surface area contributed by atoms with Crippen LogP contribution in [0.25, 0.3) is 0 Å². The molecule has 1 aliphatic heterocycles. The van der Waals surface area contributed by atoms with E-state index in [4.69, 9.17) is 23.2 Å². The van der Waals surface area contributed by atoms with Crippen LogP contribution in [0.3, 0.4) is 0 Å². The highest BCUT2D eigenvalue weighted by Gasteiger charge is 2.23. The number of hydrogen-bond donors (Lipinski definition) is 4. The average molecular weight is 353 g/mol. The monoisotopic (exact) mass is 352 g/mol. The summed E-state index contributed by atoms with van der Waals surface area (Å²) in [5.74, 6) is 0. The van der Waals surface area contributed by atoms with Crippen molar-refractivity contribution in [1.82, 2.24) is 15.6 Å². The van der Waals surface area contributed by atoms with Gasteiger partial charge in [0, 0.05) is 19.3 Å². The molecule has 23 heavy (non-hydrogen) atoms. The first-order valence-electron chi connectivity index (χ1n) is 6.92. The number of aliphatic hydroxyl groups excluding tert-OH is 1. The number of aliphatic hydroxyl groups is 1. The molecule has 120 valence electrons. The van der Waals surface area contributed by atoms with E-state index in [0.717, 1.165) is 11.1 Å². The number of nitrogens with zero attached hydrogens (tertiary/aromatic N) is 1. The second kappa shape index (κ2) is 6.72. The number of benzene rings is 1. The van der Waals surface area contributed by atoms with Gasteiger partial charge in [0.1, 0.15) is 5.69 Å². The highest BCUT2D eigenvalue weighted by Crippen LogP contribution is 2.26. The van der Waals surface area contributed by atoms with Crippen LogP contribution < -0.4 is 16.0 Å². The molecule has 0 spiro atoms. The molecule has 0 saturated heterocycles. The van der Waals surface area contributed by atoms with E-state index >= 15 is 0 Å². The molecule has 2 heterocycles. The van der Waals surface area contributed by atoms with Crippen molar-refractivity contribution < 1.29 is 9.90 Å². The topological polar surface area (TPSA) is 86.3 Å². The Morgan fingerprint density at radius 2 is 2.13 bits per heavy atom. The number of carbonyl (C=O) groups is 1. The van der Waals surface area contributed by atoms with Gasteiger partial charge in [-0.25, -0.2) is 4.79 Å². The third-order valence-corrected chi connectivity index (χ3v) is 4.28. The third-order valence-electron chi connectivity index (χ3n) is 3.43. The number of halogens is 2. The van der Waals surface area contributed by atoms with Crippen LogP contribution in [0.4, 0.5) is 10.5 Å². The number of carbonyl (C=O) groups excluding carboxylic acids is 1. The fraction of sp³-hybridized carbons (Fsp3) is 0.200. The molecule has 0 fully saturated rings. The second-order valence-corrected chi connectivity index (χ2v) is 5.88. The minimum Gasteiger partial charge on any atom is -0.368 e. The lowest BCUT2D eigenvalue weighted by Gasteiger charge is -2.22. The molecule has 1 aliphatic rings. The van der Waals surface area contributed by atoms with E-state index < -0.39 is 12.3 Å². The Bertz CT molecular complexity index is 754. The SMILES string of the molecule is O=C1Nc2cc(CNCc3cccc(Cl)c3Cl)cnc2C(O)N1. The lowest BCUT2D eigenvalue weighted by atomic mass is 10.1. The Hall–Kier alpha value is -1.86. The molecule has 0 bridgehead atoms. The molecule has 1 unspecified atom stereocenters. The van der Waals surface area contributed by atoms with Crippen molar-refractivity contribution in [3.8, 4) is 0 Å². The van der Waals surface area contributed by atoms with Crippen LogP contribution >= 0.6 is 23.2 Å². The van der Waals surface area contributed by atoms with Crippen LogP contribution in [0.15, 0.2) is 30.5 Å². The summed E-state index contributed by atoms with van der Waals surface area (Å²) in [6.07, 6.45) is 0.555. The van der Waals surface area contributed by atoms with Gasteiger partial charge < -0.3 is 21.1 Å². The number of rotatable bonds is 4. The molecule has 3 rings (SSSR count). The van der Waals surface area contributed by atoms with E-state index in [0.29, 0.717) is 34.5 Å². The van der Waals surface area contributed by atoms with Gasteiger partial charge in [-0.1, -0.05) is 35.3 Å². The first kappa shape index (κ1) is 16.0. The van der Waals surface area contributed by atoms with Gasteiger partial charge in [-0.2, -0.15) is 0 Å². The normalized spacial score (nSPS) is 16.5. The van der Waals surface area contributed by atoms with Crippen LogP contribution in [0.1, 0.15) is 23.0 Å². The summed E-state index contributed by atoms with van der Waals surface area (Å²) in [5, 5.41) is 19.0. The first-order valence-corrected chi connectivity index (χ1v) is 7.68. The molecular formula is C15H14Cl2N4O2. The van der Waals surface area contributed by atoms with E-state index in [9.17, 15) is 9.90 Å². The lowest BCUT2D eigenvalue weighted by Crippen LogP contribution is -2.38. The maximum absolute atomic E-state index is 11.4. The third kappa shape index (κ3) is 3.56. The summed E-state index contributed by atoms with van der Waals surface area (Å²) >= 11 is 12.1. The quantitative estimate of drug-likeness (QED) is 0.681. The van der Waals surface area contributed by atoms with Gasteiger partial charge in [0.05, 0.1) is 15.7 Å². The predicted molar refractivity (Wildman–Crippen MR) is 88.4 cm³/mol. The predicted octanol–water partition coefficient (Wildman–Crippen LogP) is 2.80. The number of fused-ring (bicyclic) bond motifs is 1. The zero-order valence-electron chi connectivity index (χ0n) is 11.9.